The molecule has 1 aromatic heterocycles. The summed E-state index contributed by atoms with van der Waals surface area (Å²) in [5.41, 5.74) is 3.19. The lowest BCUT2D eigenvalue weighted by Gasteiger charge is -2.41. The Balaban J connectivity index is 0.00000368. The zero-order valence-corrected chi connectivity index (χ0v) is 26.3. The topological polar surface area (TPSA) is 69.4 Å². The number of rotatable bonds is 7. The molecule has 3 aliphatic heterocycles. The SMILES string of the molecule is S.[C-]#[N+]CC1CN(c2nc(OC[C@@H]3CCCN3C)nc3c2CCN(c2cccc4ccc(Cl)cc24)C3)CCN1C(=O)C=C. The lowest BCUT2D eigenvalue weighted by atomic mass is 10.0. The molecular weight excluding hydrogens is 582 g/mol. The van der Waals surface area contributed by atoms with E-state index in [2.05, 4.69) is 57.4 Å². The summed E-state index contributed by atoms with van der Waals surface area (Å²) in [5, 5.41) is 2.98. The third-order valence-electron chi connectivity index (χ3n) is 8.80. The van der Waals surface area contributed by atoms with Crippen LogP contribution in [0.4, 0.5) is 11.5 Å². The number of likely N-dealkylation sites (N-methyl/N-ethyl adjacent to an activating group) is 1. The largest absolute Gasteiger partial charge is 0.462 e. The van der Waals surface area contributed by atoms with Crippen molar-refractivity contribution in [3.63, 3.8) is 0 Å². The number of ether oxygens (including phenoxy) is 1. The van der Waals surface area contributed by atoms with Gasteiger partial charge in [-0.2, -0.15) is 23.5 Å². The minimum atomic E-state index is -0.232. The monoisotopic (exact) mass is 619 g/mol. The second kappa shape index (κ2) is 13.4. The van der Waals surface area contributed by atoms with E-state index in [1.165, 1.54) is 12.5 Å². The van der Waals surface area contributed by atoms with Crippen molar-refractivity contribution in [1.82, 2.24) is 19.8 Å². The average molecular weight is 620 g/mol. The van der Waals surface area contributed by atoms with Crippen molar-refractivity contribution in [1.29, 1.82) is 0 Å². The molecule has 2 aromatic carbocycles. The number of likely N-dealkylation sites (tertiary alicyclic amines) is 1. The van der Waals surface area contributed by atoms with Gasteiger partial charge in [0, 0.05) is 53.9 Å². The van der Waals surface area contributed by atoms with Gasteiger partial charge in [0.1, 0.15) is 18.5 Å². The summed E-state index contributed by atoms with van der Waals surface area (Å²) in [4.78, 5) is 34.8. The summed E-state index contributed by atoms with van der Waals surface area (Å²) in [6.45, 7) is 16.1. The van der Waals surface area contributed by atoms with Crippen molar-refractivity contribution in [2.75, 3.05) is 62.7 Å². The van der Waals surface area contributed by atoms with Crippen LogP contribution in [-0.2, 0) is 17.8 Å². The predicted octanol–water partition coefficient (Wildman–Crippen LogP) is 4.55. The van der Waals surface area contributed by atoms with Gasteiger partial charge in [-0.15, -0.1) is 0 Å². The normalized spacial score (nSPS) is 20.3. The number of fused-ring (bicyclic) bond motifs is 2. The maximum Gasteiger partial charge on any atom is 0.318 e. The number of anilines is 2. The van der Waals surface area contributed by atoms with Crippen molar-refractivity contribution in [2.24, 2.45) is 0 Å². The van der Waals surface area contributed by atoms with Crippen LogP contribution in [-0.4, -0.2) is 90.7 Å². The van der Waals surface area contributed by atoms with Gasteiger partial charge in [-0.3, -0.25) is 4.79 Å². The molecule has 6 rings (SSSR count). The summed E-state index contributed by atoms with van der Waals surface area (Å²) in [5.74, 6) is 0.722. The minimum absolute atomic E-state index is 0. The molecule has 2 saturated heterocycles. The predicted molar refractivity (Wildman–Crippen MR) is 177 cm³/mol. The van der Waals surface area contributed by atoms with E-state index in [0.717, 1.165) is 59.5 Å². The Bertz CT molecular complexity index is 1550. The second-order valence-electron chi connectivity index (χ2n) is 11.3. The minimum Gasteiger partial charge on any atom is -0.462 e. The van der Waals surface area contributed by atoms with Crippen molar-refractivity contribution in [3.05, 3.63) is 76.8 Å². The van der Waals surface area contributed by atoms with Gasteiger partial charge < -0.3 is 29.2 Å². The Hall–Kier alpha value is -3.52. The molecule has 0 spiro atoms. The van der Waals surface area contributed by atoms with Crippen LogP contribution in [0.2, 0.25) is 5.02 Å². The molecule has 2 atom stereocenters. The second-order valence-corrected chi connectivity index (χ2v) is 11.8. The van der Waals surface area contributed by atoms with Crippen LogP contribution >= 0.6 is 25.1 Å². The molecule has 0 N–H and O–H groups in total. The van der Waals surface area contributed by atoms with Crippen LogP contribution in [0.1, 0.15) is 24.1 Å². The molecule has 0 bridgehead atoms. The molecule has 4 heterocycles. The third kappa shape index (κ3) is 6.40. The lowest BCUT2D eigenvalue weighted by molar-refractivity contribution is -0.128. The molecular formula is C32H38ClN7O2S. The van der Waals surface area contributed by atoms with Crippen LogP contribution in [0, 0.1) is 6.57 Å². The van der Waals surface area contributed by atoms with Gasteiger partial charge in [0.05, 0.1) is 12.2 Å². The molecule has 0 saturated carbocycles. The van der Waals surface area contributed by atoms with E-state index in [0.29, 0.717) is 49.9 Å². The molecule has 1 unspecified atom stereocenters. The third-order valence-corrected chi connectivity index (χ3v) is 9.04. The van der Waals surface area contributed by atoms with Crippen molar-refractivity contribution < 1.29 is 9.53 Å². The van der Waals surface area contributed by atoms with Gasteiger partial charge in [0.15, 0.2) is 0 Å². The summed E-state index contributed by atoms with van der Waals surface area (Å²) < 4.78 is 6.28. The Labute approximate surface area is 265 Å². The van der Waals surface area contributed by atoms with Gasteiger partial charge in [-0.05, 0) is 62.5 Å². The van der Waals surface area contributed by atoms with E-state index in [1.54, 1.807) is 4.90 Å². The summed E-state index contributed by atoms with van der Waals surface area (Å²) in [6.07, 6.45) is 4.37. The van der Waals surface area contributed by atoms with Gasteiger partial charge in [0.2, 0.25) is 12.5 Å². The Kier molecular flexibility index (Phi) is 9.65. The number of nitrogens with zero attached hydrogens (tertiary/aromatic N) is 7. The highest BCUT2D eigenvalue weighted by molar-refractivity contribution is 7.59. The first-order chi connectivity index (χ1) is 20.4. The molecule has 43 heavy (non-hydrogen) atoms. The highest BCUT2D eigenvalue weighted by Crippen LogP contribution is 2.35. The van der Waals surface area contributed by atoms with Crippen molar-refractivity contribution in [3.8, 4) is 6.01 Å². The van der Waals surface area contributed by atoms with E-state index in [4.69, 9.17) is 32.9 Å². The molecule has 11 heteroatoms. The number of aromatic nitrogens is 2. The Morgan fingerprint density at radius 3 is 2.79 bits per heavy atom. The molecule has 0 radical (unpaired) electrons. The van der Waals surface area contributed by atoms with Gasteiger partial charge in [-0.1, -0.05) is 36.4 Å². The fourth-order valence-corrected chi connectivity index (χ4v) is 6.67. The lowest BCUT2D eigenvalue weighted by Crippen LogP contribution is -2.56. The van der Waals surface area contributed by atoms with Gasteiger partial charge >= 0.3 is 6.01 Å². The van der Waals surface area contributed by atoms with E-state index in [1.807, 2.05) is 12.1 Å². The molecule has 226 valence electrons. The van der Waals surface area contributed by atoms with E-state index in [-0.39, 0.29) is 32.0 Å². The molecule has 1 amide bonds. The number of hydrogen-bond donors (Lipinski definition) is 0. The average Bonchev–Trinajstić information content (AvgIpc) is 3.43. The van der Waals surface area contributed by atoms with Crippen LogP contribution < -0.4 is 14.5 Å². The van der Waals surface area contributed by atoms with Crippen molar-refractivity contribution in [2.45, 2.75) is 37.9 Å². The van der Waals surface area contributed by atoms with Crippen LogP contribution in [0.25, 0.3) is 15.6 Å². The van der Waals surface area contributed by atoms with E-state index >= 15 is 0 Å². The maximum atomic E-state index is 12.5. The van der Waals surface area contributed by atoms with Gasteiger partial charge in [0.25, 0.3) is 0 Å². The fourth-order valence-electron chi connectivity index (χ4n) is 6.50. The first kappa shape index (κ1) is 30.9. The zero-order chi connectivity index (χ0) is 29.2. The number of carbonyl (C=O) groups excluding carboxylic acids is 1. The first-order valence-electron chi connectivity index (χ1n) is 14.6. The van der Waals surface area contributed by atoms with E-state index < -0.39 is 0 Å². The number of piperazine rings is 1. The molecule has 0 aliphatic carbocycles. The molecule has 2 fully saturated rings. The quantitative estimate of drug-likeness (QED) is 0.284. The maximum absolute atomic E-state index is 12.5. The number of benzene rings is 2. The van der Waals surface area contributed by atoms with Crippen LogP contribution in [0.5, 0.6) is 6.01 Å². The Morgan fingerprint density at radius 2 is 2.02 bits per heavy atom. The van der Waals surface area contributed by atoms with E-state index in [9.17, 15) is 4.79 Å². The summed E-state index contributed by atoms with van der Waals surface area (Å²) in [7, 11) is 2.13. The highest BCUT2D eigenvalue weighted by atomic mass is 35.5. The van der Waals surface area contributed by atoms with Crippen LogP contribution in [0.15, 0.2) is 49.1 Å². The summed E-state index contributed by atoms with van der Waals surface area (Å²) >= 11 is 6.40. The number of amides is 1. The number of halogens is 1. The number of carbonyl (C=O) groups is 1. The Morgan fingerprint density at radius 1 is 1.16 bits per heavy atom. The summed E-state index contributed by atoms with van der Waals surface area (Å²) in [6, 6.07) is 12.8. The van der Waals surface area contributed by atoms with Crippen LogP contribution in [0.3, 0.4) is 0 Å². The smallest absolute Gasteiger partial charge is 0.318 e. The number of hydrogen-bond acceptors (Lipinski definition) is 7. The highest BCUT2D eigenvalue weighted by Gasteiger charge is 2.35. The molecule has 3 aliphatic rings. The fraction of sp³-hybridized carbons (Fsp3) is 0.438. The first-order valence-corrected chi connectivity index (χ1v) is 15.0. The van der Waals surface area contributed by atoms with Gasteiger partial charge in [-0.25, -0.2) is 6.57 Å². The standard InChI is InChI=1S/C32H36ClN7O2.H2S/c1-4-30(41)40-16-15-39(19-25(40)18-34-2)31-26-12-14-38(29-9-5-7-22-10-11-23(33)17-27(22)29)20-28(26)35-32(36-31)42-21-24-8-6-13-37(24)3;/h4-5,7,9-11,17,24-25H,1,6,8,12-16,18-21H2,3H3;1H2/t24-,25?;/m0./s1. The zero-order valence-electron chi connectivity index (χ0n) is 24.5. The molecule has 9 nitrogen and oxygen atoms in total. The molecule has 3 aromatic rings. The van der Waals surface area contributed by atoms with Crippen molar-refractivity contribution >= 4 is 53.3 Å².